The molecular weight excluding hydrogens is 473 g/mol. The normalized spacial score (nSPS) is 13.5. The number of benzene rings is 2. The number of methoxy groups -OCH3 is 1. The van der Waals surface area contributed by atoms with Gasteiger partial charge in [-0.05, 0) is 61.1 Å². The summed E-state index contributed by atoms with van der Waals surface area (Å²) in [5, 5.41) is 14.4. The average Bonchev–Trinajstić information content (AvgIpc) is 2.88. The number of hydrogen-bond acceptors (Lipinski definition) is 5. The van der Waals surface area contributed by atoms with E-state index >= 15 is 0 Å². The highest BCUT2D eigenvalue weighted by Crippen LogP contribution is 2.26. The van der Waals surface area contributed by atoms with Gasteiger partial charge < -0.3 is 25.8 Å². The SMILES string of the molecule is CCCN(CCC)C(=O)CCC(C(N)=O)[C@H](Cc1ccc(F)cc1)[C@@H](O)CNCc1cccc(OC)c1. The van der Waals surface area contributed by atoms with Gasteiger partial charge in [0.2, 0.25) is 11.8 Å². The number of aliphatic hydroxyl groups excluding tert-OH is 1. The summed E-state index contributed by atoms with van der Waals surface area (Å²) in [5.74, 6) is -1.44. The van der Waals surface area contributed by atoms with Crippen molar-refractivity contribution in [2.45, 2.75) is 58.6 Å². The monoisotopic (exact) mass is 515 g/mol. The van der Waals surface area contributed by atoms with Gasteiger partial charge in [0.05, 0.1) is 13.2 Å². The molecule has 7 nitrogen and oxygen atoms in total. The van der Waals surface area contributed by atoms with E-state index in [1.807, 2.05) is 43.0 Å². The molecule has 0 aliphatic rings. The van der Waals surface area contributed by atoms with Crippen LogP contribution < -0.4 is 15.8 Å². The lowest BCUT2D eigenvalue weighted by Gasteiger charge is -2.30. The Morgan fingerprint density at radius 1 is 1.08 bits per heavy atom. The zero-order chi connectivity index (χ0) is 27.2. The highest BCUT2D eigenvalue weighted by Gasteiger charge is 2.33. The van der Waals surface area contributed by atoms with E-state index in [1.165, 1.54) is 12.1 Å². The van der Waals surface area contributed by atoms with Gasteiger partial charge >= 0.3 is 0 Å². The Morgan fingerprint density at radius 3 is 2.35 bits per heavy atom. The molecule has 0 saturated carbocycles. The molecule has 2 rings (SSSR count). The van der Waals surface area contributed by atoms with Gasteiger partial charge in [-0.2, -0.15) is 0 Å². The minimum atomic E-state index is -0.911. The quantitative estimate of drug-likeness (QED) is 0.298. The first-order chi connectivity index (χ1) is 17.8. The van der Waals surface area contributed by atoms with Crippen LogP contribution in [0.1, 0.15) is 50.7 Å². The fourth-order valence-corrected chi connectivity index (χ4v) is 4.64. The van der Waals surface area contributed by atoms with Crippen LogP contribution in [0.4, 0.5) is 4.39 Å². The number of ether oxygens (including phenoxy) is 1. The first-order valence-electron chi connectivity index (χ1n) is 13.1. The molecule has 1 unspecified atom stereocenters. The van der Waals surface area contributed by atoms with E-state index in [2.05, 4.69) is 5.32 Å². The van der Waals surface area contributed by atoms with Gasteiger partial charge in [0.25, 0.3) is 0 Å². The molecule has 8 heteroatoms. The number of nitrogens with two attached hydrogens (primary N) is 1. The van der Waals surface area contributed by atoms with Crippen molar-refractivity contribution in [3.05, 3.63) is 65.5 Å². The molecule has 0 bridgehead atoms. The minimum Gasteiger partial charge on any atom is -0.497 e. The van der Waals surface area contributed by atoms with E-state index < -0.39 is 23.8 Å². The second kappa shape index (κ2) is 16.0. The molecule has 0 saturated heterocycles. The molecule has 3 atom stereocenters. The number of aliphatic hydroxyl groups is 1. The Hall–Kier alpha value is -2.97. The van der Waals surface area contributed by atoms with Crippen molar-refractivity contribution in [3.8, 4) is 5.75 Å². The number of nitrogens with zero attached hydrogens (tertiary/aromatic N) is 1. The van der Waals surface area contributed by atoms with E-state index in [0.717, 1.165) is 29.7 Å². The molecule has 204 valence electrons. The highest BCUT2D eigenvalue weighted by molar-refractivity contribution is 5.80. The Morgan fingerprint density at radius 2 is 1.76 bits per heavy atom. The van der Waals surface area contributed by atoms with Crippen LogP contribution in [0.3, 0.4) is 0 Å². The summed E-state index contributed by atoms with van der Waals surface area (Å²) >= 11 is 0. The topological polar surface area (TPSA) is 105 Å². The molecule has 2 amide bonds. The second-order valence-electron chi connectivity index (χ2n) is 9.47. The average molecular weight is 516 g/mol. The van der Waals surface area contributed by atoms with Crippen LogP contribution in [0.2, 0.25) is 0 Å². The lowest BCUT2D eigenvalue weighted by Crippen LogP contribution is -2.43. The summed E-state index contributed by atoms with van der Waals surface area (Å²) in [7, 11) is 1.61. The number of amides is 2. The number of carbonyl (C=O) groups is 2. The molecule has 2 aromatic carbocycles. The van der Waals surface area contributed by atoms with Crippen LogP contribution in [0.5, 0.6) is 5.75 Å². The molecule has 0 radical (unpaired) electrons. The van der Waals surface area contributed by atoms with E-state index in [1.54, 1.807) is 19.2 Å². The number of halogens is 1. The van der Waals surface area contributed by atoms with Crippen LogP contribution >= 0.6 is 0 Å². The van der Waals surface area contributed by atoms with E-state index in [0.29, 0.717) is 26.1 Å². The number of carbonyl (C=O) groups excluding carboxylic acids is 2. The third-order valence-electron chi connectivity index (χ3n) is 6.59. The van der Waals surface area contributed by atoms with Crippen molar-refractivity contribution in [2.24, 2.45) is 17.6 Å². The Labute approximate surface area is 220 Å². The van der Waals surface area contributed by atoms with Crippen LogP contribution in [-0.4, -0.2) is 54.7 Å². The van der Waals surface area contributed by atoms with Crippen molar-refractivity contribution in [3.63, 3.8) is 0 Å². The zero-order valence-corrected chi connectivity index (χ0v) is 22.3. The van der Waals surface area contributed by atoms with Crippen molar-refractivity contribution in [1.82, 2.24) is 10.2 Å². The third kappa shape index (κ3) is 10.1. The van der Waals surface area contributed by atoms with Crippen molar-refractivity contribution >= 4 is 11.8 Å². The summed E-state index contributed by atoms with van der Waals surface area (Å²) in [5.41, 5.74) is 7.59. The van der Waals surface area contributed by atoms with E-state index in [4.69, 9.17) is 10.5 Å². The fourth-order valence-electron chi connectivity index (χ4n) is 4.64. The van der Waals surface area contributed by atoms with Crippen molar-refractivity contribution in [1.29, 1.82) is 0 Å². The summed E-state index contributed by atoms with van der Waals surface area (Å²) < 4.78 is 18.7. The summed E-state index contributed by atoms with van der Waals surface area (Å²) in [4.78, 5) is 27.3. The van der Waals surface area contributed by atoms with Crippen molar-refractivity contribution < 1.29 is 23.8 Å². The van der Waals surface area contributed by atoms with Gasteiger partial charge in [-0.3, -0.25) is 9.59 Å². The van der Waals surface area contributed by atoms with Gasteiger partial charge in [0, 0.05) is 44.4 Å². The predicted molar refractivity (Wildman–Crippen MR) is 143 cm³/mol. The molecule has 4 N–H and O–H groups in total. The highest BCUT2D eigenvalue weighted by atomic mass is 19.1. The Balaban J connectivity index is 2.15. The van der Waals surface area contributed by atoms with Crippen LogP contribution in [-0.2, 0) is 22.6 Å². The maximum absolute atomic E-state index is 13.5. The molecule has 0 aromatic heterocycles. The second-order valence-corrected chi connectivity index (χ2v) is 9.47. The fraction of sp³-hybridized carbons (Fsp3) is 0.517. The maximum atomic E-state index is 13.5. The van der Waals surface area contributed by atoms with Crippen molar-refractivity contribution in [2.75, 3.05) is 26.7 Å². The van der Waals surface area contributed by atoms with Gasteiger partial charge in [0.1, 0.15) is 11.6 Å². The van der Waals surface area contributed by atoms with Crippen LogP contribution in [0.15, 0.2) is 48.5 Å². The van der Waals surface area contributed by atoms with E-state index in [9.17, 15) is 19.1 Å². The Bertz CT molecular complexity index is 964. The number of hydrogen-bond donors (Lipinski definition) is 3. The van der Waals surface area contributed by atoms with Crippen LogP contribution in [0, 0.1) is 17.7 Å². The summed E-state index contributed by atoms with van der Waals surface area (Å²) in [6, 6.07) is 13.6. The molecule has 0 aliphatic heterocycles. The molecular formula is C29H42FN3O4. The largest absolute Gasteiger partial charge is 0.497 e. The Kier molecular flexibility index (Phi) is 13.1. The summed E-state index contributed by atoms with van der Waals surface area (Å²) in [6.45, 7) is 6.11. The third-order valence-corrected chi connectivity index (χ3v) is 6.59. The predicted octanol–water partition coefficient (Wildman–Crippen LogP) is 3.67. The molecule has 0 spiro atoms. The first kappa shape index (κ1) is 30.3. The van der Waals surface area contributed by atoms with Gasteiger partial charge in [-0.1, -0.05) is 38.1 Å². The van der Waals surface area contributed by atoms with E-state index in [-0.39, 0.29) is 31.1 Å². The minimum absolute atomic E-state index is 0.0129. The van der Waals surface area contributed by atoms with Gasteiger partial charge in [0.15, 0.2) is 0 Å². The molecule has 0 aliphatic carbocycles. The lowest BCUT2D eigenvalue weighted by atomic mass is 9.79. The zero-order valence-electron chi connectivity index (χ0n) is 22.3. The standard InChI is InChI=1S/C29H42FN3O4/c1-4-15-33(16-5-2)28(35)14-13-25(29(31)36)26(18-21-9-11-23(30)12-10-21)27(34)20-32-19-22-7-6-8-24(17-22)37-3/h6-12,17,25-27,32,34H,4-5,13-16,18-20H2,1-3H3,(H2,31,36)/t25?,26-,27-/m0/s1. The number of primary amides is 1. The summed E-state index contributed by atoms with van der Waals surface area (Å²) in [6.07, 6.45) is 1.56. The number of rotatable bonds is 17. The van der Waals surface area contributed by atoms with Crippen LogP contribution in [0.25, 0.3) is 0 Å². The van der Waals surface area contributed by atoms with Gasteiger partial charge in [-0.25, -0.2) is 4.39 Å². The molecule has 2 aromatic rings. The first-order valence-corrected chi connectivity index (χ1v) is 13.1. The smallest absolute Gasteiger partial charge is 0.222 e. The van der Waals surface area contributed by atoms with Gasteiger partial charge in [-0.15, -0.1) is 0 Å². The number of nitrogens with one attached hydrogen (secondary N) is 1. The lowest BCUT2D eigenvalue weighted by molar-refractivity contribution is -0.132. The molecule has 0 fully saturated rings. The molecule has 0 heterocycles. The maximum Gasteiger partial charge on any atom is 0.222 e. The molecule has 37 heavy (non-hydrogen) atoms.